The molecule has 3 nitrogen and oxygen atoms in total. The summed E-state index contributed by atoms with van der Waals surface area (Å²) in [6, 6.07) is -3.91. The zero-order valence-corrected chi connectivity index (χ0v) is 6.81. The van der Waals surface area contributed by atoms with Crippen LogP contribution in [0.5, 0.6) is 0 Å². The second kappa shape index (κ2) is 3.21. The third kappa shape index (κ3) is 1.56. The van der Waals surface area contributed by atoms with Crippen LogP contribution in [0, 0.1) is 6.42 Å². The summed E-state index contributed by atoms with van der Waals surface area (Å²) in [5, 5.41) is 0. The van der Waals surface area contributed by atoms with Gasteiger partial charge < -0.3 is 0 Å². The summed E-state index contributed by atoms with van der Waals surface area (Å²) in [6.45, 7) is -0.355. The Labute approximate surface area is 69.2 Å². The maximum atomic E-state index is 12.6. The molecule has 0 aliphatic carbocycles. The smallest absolute Gasteiger partial charge is 0.239 e. The lowest BCUT2D eigenvalue weighted by Gasteiger charge is -2.32. The molecule has 0 aromatic heterocycles. The van der Waals surface area contributed by atoms with E-state index < -0.39 is 23.1 Å². The summed E-state index contributed by atoms with van der Waals surface area (Å²) in [5.41, 5.74) is 0. The molecular weight excluding hydrogens is 195 g/mol. The van der Waals surface area contributed by atoms with Crippen LogP contribution in [0.4, 0.5) is 13.2 Å². The van der Waals surface area contributed by atoms with E-state index >= 15 is 0 Å². The van der Waals surface area contributed by atoms with Crippen molar-refractivity contribution in [1.29, 1.82) is 0 Å². The molecule has 0 N–H and O–H groups in total. The van der Waals surface area contributed by atoms with Crippen LogP contribution in [-0.2, 0) is 10.9 Å². The fourth-order valence-corrected chi connectivity index (χ4v) is 1.57. The first-order chi connectivity index (χ1) is 5.46. The lowest BCUT2D eigenvalue weighted by Crippen LogP contribution is -2.51. The van der Waals surface area contributed by atoms with Crippen molar-refractivity contribution < 1.29 is 21.6 Å². The van der Waals surface area contributed by atoms with Crippen LogP contribution in [0.25, 0.3) is 0 Å². The molecule has 1 aliphatic rings. The summed E-state index contributed by atoms with van der Waals surface area (Å²) < 4.78 is 58.0. The standard InChI is InChI=1S/C5H7F3NO2S/c6-4-2-1-3-9(12(10)11)5(4,7)8/h2,4,12H,1,3H2. The monoisotopic (exact) mass is 202 g/mol. The number of nitrogens with zero attached hydrogens (tertiary/aromatic N) is 1. The number of alkyl halides is 3. The van der Waals surface area contributed by atoms with Crippen LogP contribution < -0.4 is 0 Å². The molecule has 71 valence electrons. The van der Waals surface area contributed by atoms with Crippen molar-refractivity contribution in [3.05, 3.63) is 6.42 Å². The van der Waals surface area contributed by atoms with Gasteiger partial charge in [0, 0.05) is 13.0 Å². The lowest BCUT2D eigenvalue weighted by molar-refractivity contribution is -0.155. The van der Waals surface area contributed by atoms with E-state index in [9.17, 15) is 21.6 Å². The van der Waals surface area contributed by atoms with Gasteiger partial charge in [-0.05, 0) is 6.42 Å². The van der Waals surface area contributed by atoms with E-state index in [0.717, 1.165) is 6.42 Å². The van der Waals surface area contributed by atoms with Gasteiger partial charge in [-0.2, -0.15) is 8.78 Å². The summed E-state index contributed by atoms with van der Waals surface area (Å²) in [7, 11) is -3.41. The van der Waals surface area contributed by atoms with Crippen LogP contribution in [0.3, 0.4) is 0 Å². The molecule has 1 unspecified atom stereocenters. The molecule has 1 rings (SSSR count). The highest BCUT2D eigenvalue weighted by Gasteiger charge is 2.50. The molecule has 0 saturated carbocycles. The molecule has 0 bridgehead atoms. The second-order valence-electron chi connectivity index (χ2n) is 2.37. The average Bonchev–Trinajstić information content (AvgIpc) is 1.94. The molecule has 1 aliphatic heterocycles. The SMILES string of the molecule is O=[SH](=O)N1CC[CH]C(F)C1(F)F. The molecule has 1 saturated heterocycles. The second-order valence-corrected chi connectivity index (χ2v) is 3.33. The molecule has 1 fully saturated rings. The molecular formula is C5H7F3NO2S. The van der Waals surface area contributed by atoms with E-state index in [2.05, 4.69) is 0 Å². The molecule has 0 amide bonds. The predicted molar refractivity (Wildman–Crippen MR) is 35.8 cm³/mol. The number of rotatable bonds is 1. The first kappa shape index (κ1) is 9.79. The Balaban J connectivity index is 2.86. The van der Waals surface area contributed by atoms with Gasteiger partial charge >= 0.3 is 6.05 Å². The minimum Gasteiger partial charge on any atom is -0.239 e. The maximum Gasteiger partial charge on any atom is 0.348 e. The Bertz CT molecular complexity index is 235. The normalized spacial score (nSPS) is 30.8. The number of piperidine rings is 1. The quantitative estimate of drug-likeness (QED) is 0.492. The van der Waals surface area contributed by atoms with Crippen LogP contribution in [0.15, 0.2) is 0 Å². The van der Waals surface area contributed by atoms with E-state index in [1.807, 2.05) is 0 Å². The minimum atomic E-state index is -3.91. The van der Waals surface area contributed by atoms with E-state index in [4.69, 9.17) is 0 Å². The van der Waals surface area contributed by atoms with Crippen LogP contribution in [0.1, 0.15) is 6.42 Å². The Kier molecular flexibility index (Phi) is 2.62. The van der Waals surface area contributed by atoms with Gasteiger partial charge in [-0.15, -0.1) is 4.31 Å². The zero-order chi connectivity index (χ0) is 9.35. The number of hydrogen-bond donors (Lipinski definition) is 1. The Morgan fingerprint density at radius 1 is 1.50 bits per heavy atom. The van der Waals surface area contributed by atoms with Gasteiger partial charge in [0.1, 0.15) is 0 Å². The Morgan fingerprint density at radius 3 is 2.50 bits per heavy atom. The van der Waals surface area contributed by atoms with E-state index in [1.54, 1.807) is 0 Å². The van der Waals surface area contributed by atoms with Gasteiger partial charge in [-0.3, -0.25) is 0 Å². The Hall–Kier alpha value is -0.300. The maximum absolute atomic E-state index is 12.6. The molecule has 0 aromatic carbocycles. The van der Waals surface area contributed by atoms with E-state index in [0.29, 0.717) is 0 Å². The molecule has 12 heavy (non-hydrogen) atoms. The predicted octanol–water partition coefficient (Wildman–Crippen LogP) is 0.354. The number of halogens is 3. The van der Waals surface area contributed by atoms with Gasteiger partial charge in [0.2, 0.25) is 10.9 Å². The fourth-order valence-electron chi connectivity index (χ4n) is 0.967. The molecule has 1 atom stereocenters. The molecule has 0 spiro atoms. The van der Waals surface area contributed by atoms with Crippen molar-refractivity contribution in [2.75, 3.05) is 6.54 Å². The van der Waals surface area contributed by atoms with Crippen molar-refractivity contribution in [3.8, 4) is 0 Å². The molecule has 1 heterocycles. The van der Waals surface area contributed by atoms with Gasteiger partial charge in [-0.1, -0.05) is 0 Å². The van der Waals surface area contributed by atoms with Crippen molar-refractivity contribution in [2.24, 2.45) is 0 Å². The van der Waals surface area contributed by atoms with Gasteiger partial charge in [-0.25, -0.2) is 12.8 Å². The average molecular weight is 202 g/mol. The van der Waals surface area contributed by atoms with E-state index in [-0.39, 0.29) is 17.3 Å². The third-order valence-corrected chi connectivity index (χ3v) is 2.45. The zero-order valence-electron chi connectivity index (χ0n) is 5.91. The van der Waals surface area contributed by atoms with Gasteiger partial charge in [0.15, 0.2) is 6.17 Å². The van der Waals surface area contributed by atoms with Crippen molar-refractivity contribution in [3.63, 3.8) is 0 Å². The molecule has 0 aromatic rings. The third-order valence-electron chi connectivity index (χ3n) is 1.59. The van der Waals surface area contributed by atoms with Crippen molar-refractivity contribution >= 4 is 10.9 Å². The summed E-state index contributed by atoms with van der Waals surface area (Å²) in [6.07, 6.45) is -1.71. The van der Waals surface area contributed by atoms with Gasteiger partial charge in [0.25, 0.3) is 0 Å². The first-order valence-corrected chi connectivity index (χ1v) is 4.36. The topological polar surface area (TPSA) is 37.4 Å². The van der Waals surface area contributed by atoms with Crippen molar-refractivity contribution in [1.82, 2.24) is 4.31 Å². The molecule has 1 radical (unpaired) electrons. The Morgan fingerprint density at radius 2 is 2.08 bits per heavy atom. The number of thiol groups is 1. The first-order valence-electron chi connectivity index (χ1n) is 3.23. The summed E-state index contributed by atoms with van der Waals surface area (Å²) in [5.74, 6) is 0. The summed E-state index contributed by atoms with van der Waals surface area (Å²) >= 11 is 0. The highest BCUT2D eigenvalue weighted by molar-refractivity contribution is 7.69. The van der Waals surface area contributed by atoms with Gasteiger partial charge in [0.05, 0.1) is 0 Å². The lowest BCUT2D eigenvalue weighted by atomic mass is 10.1. The van der Waals surface area contributed by atoms with Crippen LogP contribution in [-0.4, -0.2) is 31.5 Å². The van der Waals surface area contributed by atoms with Crippen molar-refractivity contribution in [2.45, 2.75) is 18.6 Å². The number of hydrogen-bond acceptors (Lipinski definition) is 2. The van der Waals surface area contributed by atoms with E-state index in [1.165, 1.54) is 0 Å². The fraction of sp³-hybridized carbons (Fsp3) is 0.800. The summed E-state index contributed by atoms with van der Waals surface area (Å²) in [4.78, 5) is 0. The van der Waals surface area contributed by atoms with Crippen LogP contribution in [0.2, 0.25) is 0 Å². The minimum absolute atomic E-state index is 0.0140. The van der Waals surface area contributed by atoms with Crippen LogP contribution >= 0.6 is 0 Å². The molecule has 7 heteroatoms. The highest BCUT2D eigenvalue weighted by atomic mass is 32.2. The largest absolute Gasteiger partial charge is 0.348 e. The highest BCUT2D eigenvalue weighted by Crippen LogP contribution is 2.32.